The Morgan fingerprint density at radius 3 is 3.05 bits per heavy atom. The van der Waals surface area contributed by atoms with Crippen LogP contribution in [0.15, 0.2) is 29.4 Å². The number of halogens is 1. The minimum Gasteiger partial charge on any atom is -0.411 e. The Balaban J connectivity index is 2.00. The Bertz CT molecular complexity index is 519. The molecule has 1 aliphatic heterocycles. The van der Waals surface area contributed by atoms with Crippen molar-refractivity contribution in [3.05, 3.63) is 30.1 Å². The zero-order valence-electron chi connectivity index (χ0n) is 11.3. The lowest BCUT2D eigenvalue weighted by Crippen LogP contribution is -2.45. The number of rotatable bonds is 2. The number of carbonyl (C=O) groups is 1. The number of benzene rings is 1. The molecule has 1 saturated heterocycles. The molecule has 1 aromatic rings. The molecule has 0 saturated carbocycles. The summed E-state index contributed by atoms with van der Waals surface area (Å²) in [7, 11) is 0. The summed E-state index contributed by atoms with van der Waals surface area (Å²) in [6, 6.07) is 5.54. The van der Waals surface area contributed by atoms with E-state index in [9.17, 15) is 9.18 Å². The van der Waals surface area contributed by atoms with Crippen molar-refractivity contribution in [2.24, 2.45) is 11.1 Å². The topological polar surface area (TPSA) is 64.9 Å². The Labute approximate surface area is 117 Å². The lowest BCUT2D eigenvalue weighted by molar-refractivity contribution is 0.200. The number of hydrogen-bond donors (Lipinski definition) is 2. The van der Waals surface area contributed by atoms with E-state index in [-0.39, 0.29) is 17.8 Å². The molecule has 1 aromatic carbocycles. The van der Waals surface area contributed by atoms with Gasteiger partial charge in [-0.3, -0.25) is 0 Å². The highest BCUT2D eigenvalue weighted by Gasteiger charge is 2.27. The van der Waals surface area contributed by atoms with E-state index in [1.54, 1.807) is 17.0 Å². The fourth-order valence-corrected chi connectivity index (χ4v) is 2.37. The van der Waals surface area contributed by atoms with E-state index < -0.39 is 0 Å². The van der Waals surface area contributed by atoms with Gasteiger partial charge in [0.05, 0.1) is 5.71 Å². The van der Waals surface area contributed by atoms with Crippen molar-refractivity contribution >= 4 is 17.4 Å². The number of amides is 2. The van der Waals surface area contributed by atoms with Gasteiger partial charge < -0.3 is 15.4 Å². The third-order valence-corrected chi connectivity index (χ3v) is 3.53. The Kier molecular flexibility index (Phi) is 4.55. The standard InChI is InChI=1S/C14H18FN3O2/c1-2-10-9-18(7-6-13(10)17-20)14(19)16-12-5-3-4-11(15)8-12/h3-5,8,10,20H,2,6-7,9H2,1H3,(H,16,19)/b17-13+. The maximum absolute atomic E-state index is 13.1. The second-order valence-electron chi connectivity index (χ2n) is 4.83. The fourth-order valence-electron chi connectivity index (χ4n) is 2.37. The number of carbonyl (C=O) groups excluding carboxylic acids is 1. The van der Waals surface area contributed by atoms with Crippen molar-refractivity contribution in [3.8, 4) is 0 Å². The van der Waals surface area contributed by atoms with Crippen LogP contribution in [0.4, 0.5) is 14.9 Å². The lowest BCUT2D eigenvalue weighted by Gasteiger charge is -2.32. The van der Waals surface area contributed by atoms with Crippen LogP contribution in [0.25, 0.3) is 0 Å². The van der Waals surface area contributed by atoms with E-state index in [1.807, 2.05) is 6.92 Å². The van der Waals surface area contributed by atoms with Gasteiger partial charge in [0.15, 0.2) is 0 Å². The number of urea groups is 1. The molecule has 2 rings (SSSR count). The van der Waals surface area contributed by atoms with Crippen LogP contribution >= 0.6 is 0 Å². The quantitative estimate of drug-likeness (QED) is 0.645. The number of anilines is 1. The molecule has 2 N–H and O–H groups in total. The van der Waals surface area contributed by atoms with Crippen molar-refractivity contribution in [2.45, 2.75) is 19.8 Å². The first-order valence-electron chi connectivity index (χ1n) is 6.66. The van der Waals surface area contributed by atoms with Crippen molar-refractivity contribution in [2.75, 3.05) is 18.4 Å². The SMILES string of the molecule is CCC1CN(C(=O)Nc2cccc(F)c2)CC/C1=N\O. The largest absolute Gasteiger partial charge is 0.411 e. The summed E-state index contributed by atoms with van der Waals surface area (Å²) in [6.07, 6.45) is 1.37. The zero-order chi connectivity index (χ0) is 14.5. The van der Waals surface area contributed by atoms with Crippen LogP contribution < -0.4 is 5.32 Å². The van der Waals surface area contributed by atoms with Gasteiger partial charge in [-0.2, -0.15) is 0 Å². The molecule has 0 radical (unpaired) electrons. The Hall–Kier alpha value is -2.11. The third-order valence-electron chi connectivity index (χ3n) is 3.53. The van der Waals surface area contributed by atoms with Crippen molar-refractivity contribution in [3.63, 3.8) is 0 Å². The van der Waals surface area contributed by atoms with Gasteiger partial charge in [-0.05, 0) is 24.6 Å². The molecule has 1 heterocycles. The maximum atomic E-state index is 13.1. The average molecular weight is 279 g/mol. The average Bonchev–Trinajstić information content (AvgIpc) is 2.46. The number of nitrogens with one attached hydrogen (secondary N) is 1. The Morgan fingerprint density at radius 1 is 1.60 bits per heavy atom. The first kappa shape index (κ1) is 14.3. The summed E-state index contributed by atoms with van der Waals surface area (Å²) in [5, 5.41) is 14.9. The van der Waals surface area contributed by atoms with Crippen LogP contribution in [0.5, 0.6) is 0 Å². The number of nitrogens with zero attached hydrogens (tertiary/aromatic N) is 2. The predicted molar refractivity (Wildman–Crippen MR) is 74.6 cm³/mol. The molecule has 6 heteroatoms. The summed E-state index contributed by atoms with van der Waals surface area (Å²) in [5.74, 6) is -0.311. The molecule has 1 fully saturated rings. The zero-order valence-corrected chi connectivity index (χ0v) is 11.3. The molecule has 0 aliphatic carbocycles. The van der Waals surface area contributed by atoms with Gasteiger partial charge in [0.2, 0.25) is 0 Å². The van der Waals surface area contributed by atoms with Gasteiger partial charge in [-0.25, -0.2) is 9.18 Å². The normalized spacial score (nSPS) is 21.0. The summed E-state index contributed by atoms with van der Waals surface area (Å²) in [5.41, 5.74) is 1.17. The number of likely N-dealkylation sites (tertiary alicyclic amines) is 1. The van der Waals surface area contributed by atoms with Crippen LogP contribution in [0.2, 0.25) is 0 Å². The highest BCUT2D eigenvalue weighted by molar-refractivity contribution is 5.93. The third kappa shape index (κ3) is 3.26. The maximum Gasteiger partial charge on any atom is 0.321 e. The molecule has 0 aromatic heterocycles. The van der Waals surface area contributed by atoms with Crippen LogP contribution in [-0.2, 0) is 0 Å². The van der Waals surface area contributed by atoms with Crippen molar-refractivity contribution in [1.29, 1.82) is 0 Å². The van der Waals surface area contributed by atoms with E-state index >= 15 is 0 Å². The van der Waals surface area contributed by atoms with Gasteiger partial charge in [0, 0.05) is 31.1 Å². The molecule has 1 aliphatic rings. The molecule has 2 amide bonds. The molecular formula is C14H18FN3O2. The van der Waals surface area contributed by atoms with Crippen molar-refractivity contribution in [1.82, 2.24) is 4.90 Å². The highest BCUT2D eigenvalue weighted by Crippen LogP contribution is 2.19. The van der Waals surface area contributed by atoms with Gasteiger partial charge in [0.1, 0.15) is 5.82 Å². The first-order chi connectivity index (χ1) is 9.63. The molecule has 1 unspecified atom stereocenters. The monoisotopic (exact) mass is 279 g/mol. The predicted octanol–water partition coefficient (Wildman–Crippen LogP) is 2.92. The van der Waals surface area contributed by atoms with Gasteiger partial charge in [-0.1, -0.05) is 18.1 Å². The summed E-state index contributed by atoms with van der Waals surface area (Å²) in [6.45, 7) is 3.00. The smallest absolute Gasteiger partial charge is 0.321 e. The Morgan fingerprint density at radius 2 is 2.40 bits per heavy atom. The van der Waals surface area contributed by atoms with E-state index in [0.29, 0.717) is 25.2 Å². The summed E-state index contributed by atoms with van der Waals surface area (Å²) in [4.78, 5) is 13.8. The van der Waals surface area contributed by atoms with E-state index in [4.69, 9.17) is 5.21 Å². The molecule has 108 valence electrons. The minimum absolute atomic E-state index is 0.0759. The molecular weight excluding hydrogens is 261 g/mol. The van der Waals surface area contributed by atoms with Crippen LogP contribution in [0.3, 0.4) is 0 Å². The first-order valence-corrected chi connectivity index (χ1v) is 6.66. The lowest BCUT2D eigenvalue weighted by atomic mass is 9.93. The molecule has 20 heavy (non-hydrogen) atoms. The van der Waals surface area contributed by atoms with Gasteiger partial charge >= 0.3 is 6.03 Å². The van der Waals surface area contributed by atoms with E-state index in [2.05, 4.69) is 10.5 Å². The van der Waals surface area contributed by atoms with Gasteiger partial charge in [0.25, 0.3) is 0 Å². The minimum atomic E-state index is -0.387. The summed E-state index contributed by atoms with van der Waals surface area (Å²) >= 11 is 0. The number of hydrogen-bond acceptors (Lipinski definition) is 3. The molecule has 1 atom stereocenters. The number of oxime groups is 1. The molecule has 0 spiro atoms. The highest BCUT2D eigenvalue weighted by atomic mass is 19.1. The van der Waals surface area contributed by atoms with Crippen LogP contribution in [0.1, 0.15) is 19.8 Å². The van der Waals surface area contributed by atoms with Crippen molar-refractivity contribution < 1.29 is 14.4 Å². The second-order valence-corrected chi connectivity index (χ2v) is 4.83. The van der Waals surface area contributed by atoms with E-state index in [0.717, 1.165) is 12.1 Å². The second kappa shape index (κ2) is 6.36. The molecule has 5 nitrogen and oxygen atoms in total. The summed E-state index contributed by atoms with van der Waals surface area (Å²) < 4.78 is 13.1. The van der Waals surface area contributed by atoms with Crippen LogP contribution in [0, 0.1) is 11.7 Å². The van der Waals surface area contributed by atoms with E-state index in [1.165, 1.54) is 12.1 Å². The fraction of sp³-hybridized carbons (Fsp3) is 0.429. The van der Waals surface area contributed by atoms with Gasteiger partial charge in [-0.15, -0.1) is 0 Å². The molecule has 0 bridgehead atoms. The van der Waals surface area contributed by atoms with Crippen LogP contribution in [-0.4, -0.2) is 34.9 Å². The number of piperidine rings is 1.